The first-order valence-corrected chi connectivity index (χ1v) is 6.76. The molecule has 0 saturated carbocycles. The number of carbonyl (C=O) groups is 2. The molecule has 0 aromatic heterocycles. The van der Waals surface area contributed by atoms with Crippen LogP contribution in [0.1, 0.15) is 17.9 Å². The highest BCUT2D eigenvalue weighted by Gasteiger charge is 2.22. The van der Waals surface area contributed by atoms with E-state index in [1.807, 2.05) is 36.4 Å². The van der Waals surface area contributed by atoms with Gasteiger partial charge in [0.25, 0.3) is 0 Å². The molecule has 22 heavy (non-hydrogen) atoms. The van der Waals surface area contributed by atoms with Crippen LogP contribution in [0.15, 0.2) is 48.5 Å². The van der Waals surface area contributed by atoms with Crippen LogP contribution >= 0.6 is 0 Å². The summed E-state index contributed by atoms with van der Waals surface area (Å²) < 4.78 is 5.11. The smallest absolute Gasteiger partial charge is 0.311 e. The summed E-state index contributed by atoms with van der Waals surface area (Å²) in [5, 5.41) is 9.20. The van der Waals surface area contributed by atoms with Crippen molar-refractivity contribution in [3.63, 3.8) is 0 Å². The van der Waals surface area contributed by atoms with Crippen LogP contribution in [0.3, 0.4) is 0 Å². The first-order chi connectivity index (χ1) is 10.5. The summed E-state index contributed by atoms with van der Waals surface area (Å²) in [5.74, 6) is -1.84. The minimum Gasteiger partial charge on any atom is -0.497 e. The number of amides is 1. The molecule has 0 bridgehead atoms. The molecule has 0 saturated heterocycles. The van der Waals surface area contributed by atoms with Crippen LogP contribution < -0.4 is 10.5 Å². The Kier molecular flexibility index (Phi) is 4.78. The van der Waals surface area contributed by atoms with Crippen LogP contribution in [-0.4, -0.2) is 24.1 Å². The maximum absolute atomic E-state index is 11.2. The molecule has 0 heterocycles. The van der Waals surface area contributed by atoms with E-state index in [-0.39, 0.29) is 6.42 Å². The number of primary amides is 1. The van der Waals surface area contributed by atoms with E-state index < -0.39 is 17.8 Å². The molecule has 0 spiro atoms. The topological polar surface area (TPSA) is 89.6 Å². The van der Waals surface area contributed by atoms with Gasteiger partial charge in [-0.2, -0.15) is 0 Å². The summed E-state index contributed by atoms with van der Waals surface area (Å²) >= 11 is 0. The van der Waals surface area contributed by atoms with Gasteiger partial charge in [-0.25, -0.2) is 0 Å². The van der Waals surface area contributed by atoms with E-state index in [1.165, 1.54) is 0 Å². The third-order valence-corrected chi connectivity index (χ3v) is 3.44. The zero-order chi connectivity index (χ0) is 16.1. The average Bonchev–Trinajstić information content (AvgIpc) is 2.52. The lowest BCUT2D eigenvalue weighted by Gasteiger charge is -2.11. The van der Waals surface area contributed by atoms with Gasteiger partial charge in [0, 0.05) is 6.42 Å². The van der Waals surface area contributed by atoms with E-state index in [2.05, 4.69) is 0 Å². The van der Waals surface area contributed by atoms with Gasteiger partial charge in [-0.3, -0.25) is 9.59 Å². The van der Waals surface area contributed by atoms with Gasteiger partial charge < -0.3 is 15.6 Å². The fourth-order valence-corrected chi connectivity index (χ4v) is 2.24. The lowest BCUT2D eigenvalue weighted by molar-refractivity contribution is -0.140. The Morgan fingerprint density at radius 3 is 1.95 bits per heavy atom. The molecule has 3 N–H and O–H groups in total. The van der Waals surface area contributed by atoms with Gasteiger partial charge in [0.2, 0.25) is 5.91 Å². The Morgan fingerprint density at radius 1 is 1.05 bits per heavy atom. The second kappa shape index (κ2) is 6.76. The number of benzene rings is 2. The second-order valence-electron chi connectivity index (χ2n) is 4.91. The fourth-order valence-electron chi connectivity index (χ4n) is 2.24. The highest BCUT2D eigenvalue weighted by atomic mass is 16.5. The molecule has 2 aromatic carbocycles. The average molecular weight is 299 g/mol. The third kappa shape index (κ3) is 3.63. The molecular weight excluding hydrogens is 282 g/mol. The minimum atomic E-state index is -1.06. The van der Waals surface area contributed by atoms with Crippen molar-refractivity contribution in [3.05, 3.63) is 54.1 Å². The maximum Gasteiger partial charge on any atom is 0.311 e. The van der Waals surface area contributed by atoms with Crippen LogP contribution in [-0.2, 0) is 9.59 Å². The van der Waals surface area contributed by atoms with Crippen molar-refractivity contribution in [2.75, 3.05) is 7.11 Å². The Hall–Kier alpha value is -2.82. The second-order valence-corrected chi connectivity index (χ2v) is 4.91. The number of hydrogen-bond donors (Lipinski definition) is 2. The van der Waals surface area contributed by atoms with Crippen molar-refractivity contribution in [2.24, 2.45) is 5.73 Å². The summed E-state index contributed by atoms with van der Waals surface area (Å²) in [7, 11) is 1.61. The minimum absolute atomic E-state index is 0.211. The van der Waals surface area contributed by atoms with Crippen molar-refractivity contribution < 1.29 is 19.4 Å². The number of carboxylic acids is 1. The number of methoxy groups -OCH3 is 1. The Labute approximate surface area is 128 Å². The largest absolute Gasteiger partial charge is 0.497 e. The standard InChI is InChI=1S/C17H17NO4/c1-22-14-8-6-12(7-9-14)11-2-4-13(5-3-11)15(17(20)21)10-16(18)19/h2-9,15H,10H2,1H3,(H2,18,19)(H,20,21). The van der Waals surface area contributed by atoms with E-state index in [4.69, 9.17) is 10.5 Å². The third-order valence-electron chi connectivity index (χ3n) is 3.44. The highest BCUT2D eigenvalue weighted by molar-refractivity contribution is 5.85. The Balaban J connectivity index is 2.24. The zero-order valence-corrected chi connectivity index (χ0v) is 12.2. The first kappa shape index (κ1) is 15.6. The molecule has 0 radical (unpaired) electrons. The van der Waals surface area contributed by atoms with E-state index in [0.29, 0.717) is 5.56 Å². The van der Waals surface area contributed by atoms with Crippen LogP contribution in [0.5, 0.6) is 5.75 Å². The van der Waals surface area contributed by atoms with Gasteiger partial charge in [-0.15, -0.1) is 0 Å². The first-order valence-electron chi connectivity index (χ1n) is 6.76. The Morgan fingerprint density at radius 2 is 1.55 bits per heavy atom. The van der Waals surface area contributed by atoms with E-state index in [9.17, 15) is 14.7 Å². The molecule has 5 nitrogen and oxygen atoms in total. The number of carbonyl (C=O) groups excluding carboxylic acids is 1. The molecule has 2 aromatic rings. The number of hydrogen-bond acceptors (Lipinski definition) is 3. The SMILES string of the molecule is COc1ccc(-c2ccc(C(CC(N)=O)C(=O)O)cc2)cc1. The van der Waals surface area contributed by atoms with Gasteiger partial charge in [-0.05, 0) is 28.8 Å². The van der Waals surface area contributed by atoms with E-state index in [1.54, 1.807) is 19.2 Å². The van der Waals surface area contributed by atoms with E-state index >= 15 is 0 Å². The fraction of sp³-hybridized carbons (Fsp3) is 0.176. The summed E-state index contributed by atoms with van der Waals surface area (Å²) in [6.45, 7) is 0. The zero-order valence-electron chi connectivity index (χ0n) is 12.2. The van der Waals surface area contributed by atoms with Crippen molar-refractivity contribution >= 4 is 11.9 Å². The summed E-state index contributed by atoms with van der Waals surface area (Å²) in [4.78, 5) is 22.2. The molecule has 0 aliphatic rings. The van der Waals surface area contributed by atoms with Gasteiger partial charge in [0.1, 0.15) is 5.75 Å². The summed E-state index contributed by atoms with van der Waals surface area (Å²) in [6.07, 6.45) is -0.211. The molecule has 0 aliphatic heterocycles. The van der Waals surface area contributed by atoms with E-state index in [0.717, 1.165) is 16.9 Å². The molecule has 1 amide bonds. The van der Waals surface area contributed by atoms with Gasteiger partial charge in [-0.1, -0.05) is 36.4 Å². The summed E-state index contributed by atoms with van der Waals surface area (Å²) in [5.41, 5.74) is 7.61. The predicted molar refractivity (Wildman–Crippen MR) is 82.6 cm³/mol. The molecule has 5 heteroatoms. The van der Waals surface area contributed by atoms with Crippen LogP contribution in [0, 0.1) is 0 Å². The number of aliphatic carboxylic acids is 1. The van der Waals surface area contributed by atoms with Gasteiger partial charge in [0.15, 0.2) is 0 Å². The van der Waals surface area contributed by atoms with Crippen molar-refractivity contribution in [2.45, 2.75) is 12.3 Å². The summed E-state index contributed by atoms with van der Waals surface area (Å²) in [6, 6.07) is 14.6. The Bertz CT molecular complexity index is 662. The van der Waals surface area contributed by atoms with Crippen LogP contribution in [0.25, 0.3) is 11.1 Å². The van der Waals surface area contributed by atoms with Gasteiger partial charge >= 0.3 is 5.97 Å². The van der Waals surface area contributed by atoms with Gasteiger partial charge in [0.05, 0.1) is 13.0 Å². The number of ether oxygens (including phenoxy) is 1. The molecule has 114 valence electrons. The molecule has 0 fully saturated rings. The normalized spacial score (nSPS) is 11.7. The van der Waals surface area contributed by atoms with Crippen molar-refractivity contribution in [3.8, 4) is 16.9 Å². The molecule has 1 unspecified atom stereocenters. The highest BCUT2D eigenvalue weighted by Crippen LogP contribution is 2.26. The lowest BCUT2D eigenvalue weighted by atomic mass is 9.93. The predicted octanol–water partition coefficient (Wildman–Crippen LogP) is 2.41. The quantitative estimate of drug-likeness (QED) is 0.857. The van der Waals surface area contributed by atoms with Crippen LogP contribution in [0.4, 0.5) is 0 Å². The molecule has 1 atom stereocenters. The number of nitrogens with two attached hydrogens (primary N) is 1. The van der Waals surface area contributed by atoms with Crippen LogP contribution in [0.2, 0.25) is 0 Å². The monoisotopic (exact) mass is 299 g/mol. The number of carboxylic acid groups (broad SMARTS) is 1. The number of rotatable bonds is 6. The van der Waals surface area contributed by atoms with Crippen molar-refractivity contribution in [1.82, 2.24) is 0 Å². The lowest BCUT2D eigenvalue weighted by Crippen LogP contribution is -2.20. The molecular formula is C17H17NO4. The molecule has 2 rings (SSSR count). The molecule has 0 aliphatic carbocycles. The maximum atomic E-state index is 11.2. The van der Waals surface area contributed by atoms with Crippen molar-refractivity contribution in [1.29, 1.82) is 0 Å².